The van der Waals surface area contributed by atoms with Gasteiger partial charge in [0.1, 0.15) is 11.9 Å². The summed E-state index contributed by atoms with van der Waals surface area (Å²) in [4.78, 5) is 34.3. The molecule has 16 heteroatoms. The lowest BCUT2D eigenvalue weighted by molar-refractivity contribution is -0.193. The summed E-state index contributed by atoms with van der Waals surface area (Å²) in [7, 11) is 0. The molecular formula is C21H20F7N3O6. The first kappa shape index (κ1) is 31.2. The van der Waals surface area contributed by atoms with Gasteiger partial charge < -0.3 is 26.0 Å². The molecule has 1 aliphatic rings. The number of ether oxygens (including phenoxy) is 1. The quantitative estimate of drug-likeness (QED) is 0.365. The van der Waals surface area contributed by atoms with Gasteiger partial charge in [0.25, 0.3) is 5.91 Å². The van der Waals surface area contributed by atoms with E-state index in [2.05, 4.69) is 10.3 Å². The van der Waals surface area contributed by atoms with Crippen LogP contribution < -0.4 is 11.1 Å². The molecule has 2 bridgehead atoms. The molecule has 2 heterocycles. The van der Waals surface area contributed by atoms with E-state index in [0.717, 1.165) is 5.56 Å². The van der Waals surface area contributed by atoms with Gasteiger partial charge in [0.15, 0.2) is 0 Å². The highest BCUT2D eigenvalue weighted by atomic mass is 19.4. The number of nitrogens with one attached hydrogen (secondary N) is 1. The number of halogens is 7. The molecule has 1 aromatic heterocycles. The number of aromatic nitrogens is 1. The fourth-order valence-corrected chi connectivity index (χ4v) is 2.51. The number of nitrogens with two attached hydrogens (primary N) is 1. The van der Waals surface area contributed by atoms with Crippen molar-refractivity contribution in [1.82, 2.24) is 4.98 Å². The number of pyridine rings is 1. The zero-order valence-corrected chi connectivity index (χ0v) is 18.7. The normalized spacial score (nSPS) is 17.7. The van der Waals surface area contributed by atoms with E-state index in [-0.39, 0.29) is 17.8 Å². The number of amides is 1. The van der Waals surface area contributed by atoms with Crippen molar-refractivity contribution in [1.29, 1.82) is 0 Å². The molecule has 1 aliphatic heterocycles. The highest BCUT2D eigenvalue weighted by Crippen LogP contribution is 2.31. The summed E-state index contributed by atoms with van der Waals surface area (Å²) in [5, 5.41) is 17.0. The summed E-state index contributed by atoms with van der Waals surface area (Å²) in [6, 6.07) is 7.52. The van der Waals surface area contributed by atoms with Crippen LogP contribution in [0.3, 0.4) is 0 Å². The van der Waals surface area contributed by atoms with Crippen LogP contribution in [0.1, 0.15) is 25.1 Å². The summed E-state index contributed by atoms with van der Waals surface area (Å²) in [6.07, 6.45) is -8.61. The zero-order valence-electron chi connectivity index (χ0n) is 18.7. The number of hydrogen-bond donors (Lipinski definition) is 4. The second kappa shape index (κ2) is 13.0. The van der Waals surface area contributed by atoms with Crippen molar-refractivity contribution >= 4 is 23.5 Å². The van der Waals surface area contributed by atoms with Crippen LogP contribution in [0.4, 0.5) is 36.4 Å². The molecule has 0 fully saturated rings. The van der Waals surface area contributed by atoms with Crippen molar-refractivity contribution in [3.63, 3.8) is 0 Å². The van der Waals surface area contributed by atoms with E-state index in [9.17, 15) is 35.5 Å². The standard InChI is InChI=1S/C17H18FN3O2.2C2HF3O2/c1-10-17(22)21-15-3-2-12(18)9-13(15)11-4-6-20-16(8-11)14(19)5-7-23-10;2*3-2(4,5)1(6)7/h2-4,6,8-10,14H,5,7,19H2,1H3,(H,21,22);2*(H,6,7)/t10?,14-;;/m0../s1. The van der Waals surface area contributed by atoms with Gasteiger partial charge in [-0.05, 0) is 49.2 Å². The van der Waals surface area contributed by atoms with Crippen molar-refractivity contribution in [2.45, 2.75) is 37.8 Å². The Hall–Kier alpha value is -3.79. The molecule has 2 aromatic rings. The van der Waals surface area contributed by atoms with E-state index in [0.29, 0.717) is 30.0 Å². The lowest BCUT2D eigenvalue weighted by Gasteiger charge is -2.19. The predicted octanol–water partition coefficient (Wildman–Crippen LogP) is 3.90. The van der Waals surface area contributed by atoms with Gasteiger partial charge in [-0.25, -0.2) is 14.0 Å². The SMILES string of the molecule is CC1OCC[C@H](N)c2cc(ccn2)-c2cc(F)ccc2NC1=O.O=C(O)C(F)(F)F.O=C(O)C(F)(F)F. The Bertz CT molecular complexity index is 1080. The van der Waals surface area contributed by atoms with Gasteiger partial charge in [-0.15, -0.1) is 0 Å². The second-order valence-corrected chi connectivity index (χ2v) is 7.16. The summed E-state index contributed by atoms with van der Waals surface area (Å²) in [6.45, 7) is 2.03. The number of benzene rings is 1. The van der Waals surface area contributed by atoms with E-state index < -0.39 is 30.4 Å². The van der Waals surface area contributed by atoms with Gasteiger partial charge in [-0.3, -0.25) is 9.78 Å². The van der Waals surface area contributed by atoms with Crippen molar-refractivity contribution < 1.29 is 60.1 Å². The molecule has 0 spiro atoms. The third kappa shape index (κ3) is 10.4. The molecule has 5 N–H and O–H groups in total. The molecular weight excluding hydrogens is 523 g/mol. The first-order chi connectivity index (χ1) is 16.9. The fraction of sp³-hybridized carbons (Fsp3) is 0.333. The number of carboxylic acid groups (broad SMARTS) is 2. The zero-order chi connectivity index (χ0) is 28.6. The summed E-state index contributed by atoms with van der Waals surface area (Å²) >= 11 is 0. The molecule has 2 atom stereocenters. The van der Waals surface area contributed by atoms with Crippen molar-refractivity contribution in [3.05, 3.63) is 48.0 Å². The number of anilines is 1. The lowest BCUT2D eigenvalue weighted by Crippen LogP contribution is -2.29. The monoisotopic (exact) mass is 543 g/mol. The number of aliphatic carboxylic acids is 2. The van der Waals surface area contributed by atoms with Gasteiger partial charge in [0.2, 0.25) is 0 Å². The highest BCUT2D eigenvalue weighted by Gasteiger charge is 2.38. The summed E-state index contributed by atoms with van der Waals surface area (Å²) in [5.74, 6) is -6.17. The average Bonchev–Trinajstić information content (AvgIpc) is 2.79. The number of nitrogens with zero attached hydrogens (tertiary/aromatic N) is 1. The van der Waals surface area contributed by atoms with Gasteiger partial charge in [0.05, 0.1) is 5.69 Å². The number of alkyl halides is 6. The molecule has 1 amide bonds. The topological polar surface area (TPSA) is 152 Å². The number of carbonyl (C=O) groups is 3. The average molecular weight is 543 g/mol. The maximum Gasteiger partial charge on any atom is 0.490 e. The van der Waals surface area contributed by atoms with Crippen LogP contribution in [0.15, 0.2) is 36.5 Å². The Morgan fingerprint density at radius 3 is 2.11 bits per heavy atom. The van der Waals surface area contributed by atoms with Crippen LogP contribution in [-0.2, 0) is 19.1 Å². The van der Waals surface area contributed by atoms with Crippen LogP contribution in [-0.4, -0.2) is 58.1 Å². The van der Waals surface area contributed by atoms with Gasteiger partial charge >= 0.3 is 24.3 Å². The molecule has 0 radical (unpaired) electrons. The maximum absolute atomic E-state index is 13.7. The van der Waals surface area contributed by atoms with Crippen molar-refractivity contribution in [3.8, 4) is 11.1 Å². The third-order valence-electron chi connectivity index (χ3n) is 4.36. The Morgan fingerprint density at radius 2 is 1.59 bits per heavy atom. The smallest absolute Gasteiger partial charge is 0.475 e. The lowest BCUT2D eigenvalue weighted by atomic mass is 10.0. The Kier molecular flexibility index (Phi) is 10.9. The summed E-state index contributed by atoms with van der Waals surface area (Å²) in [5.41, 5.74) is 8.71. The fourth-order valence-electron chi connectivity index (χ4n) is 2.51. The number of fused-ring (bicyclic) bond motifs is 4. The van der Waals surface area contributed by atoms with Crippen LogP contribution in [0.5, 0.6) is 0 Å². The van der Waals surface area contributed by atoms with Crippen LogP contribution >= 0.6 is 0 Å². The number of carboxylic acids is 2. The minimum atomic E-state index is -5.08. The van der Waals surface area contributed by atoms with Gasteiger partial charge in [-0.1, -0.05) is 0 Å². The van der Waals surface area contributed by atoms with Crippen molar-refractivity contribution in [2.24, 2.45) is 5.73 Å². The van der Waals surface area contributed by atoms with E-state index in [4.69, 9.17) is 30.3 Å². The molecule has 1 aromatic carbocycles. The molecule has 204 valence electrons. The molecule has 0 saturated heterocycles. The molecule has 9 nitrogen and oxygen atoms in total. The molecule has 0 aliphatic carbocycles. The molecule has 1 unspecified atom stereocenters. The largest absolute Gasteiger partial charge is 0.490 e. The maximum atomic E-state index is 13.7. The first-order valence-corrected chi connectivity index (χ1v) is 9.97. The Labute approximate surface area is 204 Å². The Morgan fingerprint density at radius 1 is 1.05 bits per heavy atom. The minimum Gasteiger partial charge on any atom is -0.475 e. The van der Waals surface area contributed by atoms with Gasteiger partial charge in [0, 0.05) is 30.1 Å². The first-order valence-electron chi connectivity index (χ1n) is 9.97. The molecule has 3 rings (SSSR count). The molecule has 0 saturated carbocycles. The Balaban J connectivity index is 0.000000404. The van der Waals surface area contributed by atoms with E-state index >= 15 is 0 Å². The van der Waals surface area contributed by atoms with E-state index in [1.54, 1.807) is 25.3 Å². The van der Waals surface area contributed by atoms with Crippen molar-refractivity contribution in [2.75, 3.05) is 11.9 Å². The predicted molar refractivity (Wildman–Crippen MR) is 113 cm³/mol. The van der Waals surface area contributed by atoms with Crippen LogP contribution in [0, 0.1) is 5.82 Å². The van der Waals surface area contributed by atoms with E-state index in [1.807, 2.05) is 6.07 Å². The van der Waals surface area contributed by atoms with E-state index in [1.165, 1.54) is 12.1 Å². The second-order valence-electron chi connectivity index (χ2n) is 7.16. The number of carbonyl (C=O) groups excluding carboxylic acids is 1. The number of rotatable bonds is 0. The third-order valence-corrected chi connectivity index (χ3v) is 4.36. The van der Waals surface area contributed by atoms with Gasteiger partial charge in [-0.2, -0.15) is 26.3 Å². The summed E-state index contributed by atoms with van der Waals surface area (Å²) < 4.78 is 82.7. The molecule has 37 heavy (non-hydrogen) atoms. The van der Waals surface area contributed by atoms with Crippen LogP contribution in [0.25, 0.3) is 11.1 Å². The van der Waals surface area contributed by atoms with Crippen LogP contribution in [0.2, 0.25) is 0 Å². The minimum absolute atomic E-state index is 0.277. The number of hydrogen-bond acceptors (Lipinski definition) is 6. The highest BCUT2D eigenvalue weighted by molar-refractivity contribution is 5.97.